The highest BCUT2D eigenvalue weighted by atomic mass is 35.5. The number of amides is 1. The Morgan fingerprint density at radius 1 is 1.19 bits per heavy atom. The molecule has 1 saturated heterocycles. The Balaban J connectivity index is 0.00000196. The van der Waals surface area contributed by atoms with E-state index in [9.17, 15) is 4.79 Å². The summed E-state index contributed by atoms with van der Waals surface area (Å²) in [5, 5.41) is 0.916. The number of rotatable bonds is 4. The molecule has 3 fully saturated rings. The van der Waals surface area contributed by atoms with Crippen molar-refractivity contribution in [3.05, 3.63) is 23.9 Å². The van der Waals surface area contributed by atoms with E-state index in [0.29, 0.717) is 11.8 Å². The van der Waals surface area contributed by atoms with Crippen LogP contribution >= 0.6 is 24.2 Å². The predicted molar refractivity (Wildman–Crippen MR) is 109 cm³/mol. The molecule has 3 unspecified atom stereocenters. The molecule has 1 amide bonds. The second kappa shape index (κ2) is 8.94. The molecule has 4 rings (SSSR count). The van der Waals surface area contributed by atoms with Gasteiger partial charge in [-0.25, -0.2) is 4.98 Å². The van der Waals surface area contributed by atoms with Crippen molar-refractivity contribution in [3.8, 4) is 0 Å². The Morgan fingerprint density at radius 2 is 2.00 bits per heavy atom. The van der Waals surface area contributed by atoms with E-state index in [1.165, 1.54) is 38.5 Å². The zero-order chi connectivity index (χ0) is 17.2. The summed E-state index contributed by atoms with van der Waals surface area (Å²) >= 11 is 1.78. The molecular formula is C20H30ClN3OS. The lowest BCUT2D eigenvalue weighted by atomic mass is 9.91. The number of carbonyl (C=O) groups is 1. The third-order valence-electron chi connectivity index (χ3n) is 6.38. The number of nitrogens with two attached hydrogens (primary N) is 1. The van der Waals surface area contributed by atoms with Crippen LogP contribution in [0.25, 0.3) is 0 Å². The van der Waals surface area contributed by atoms with Crippen molar-refractivity contribution in [2.75, 3.05) is 18.8 Å². The number of thioether (sulfide) groups is 1. The Labute approximate surface area is 167 Å². The molecule has 0 bridgehead atoms. The van der Waals surface area contributed by atoms with Gasteiger partial charge in [0.25, 0.3) is 5.91 Å². The quantitative estimate of drug-likeness (QED) is 0.783. The lowest BCUT2D eigenvalue weighted by Crippen LogP contribution is -2.33. The van der Waals surface area contributed by atoms with Gasteiger partial charge in [-0.3, -0.25) is 4.79 Å². The van der Waals surface area contributed by atoms with Crippen molar-refractivity contribution < 1.29 is 4.79 Å². The molecule has 0 spiro atoms. The van der Waals surface area contributed by atoms with E-state index < -0.39 is 0 Å². The summed E-state index contributed by atoms with van der Waals surface area (Å²) in [7, 11) is 0. The minimum absolute atomic E-state index is 0. The molecule has 1 aromatic rings. The molecule has 2 saturated carbocycles. The van der Waals surface area contributed by atoms with Gasteiger partial charge in [0, 0.05) is 31.1 Å². The number of likely N-dealkylation sites (tertiary alicyclic amines) is 1. The molecule has 26 heavy (non-hydrogen) atoms. The van der Waals surface area contributed by atoms with Crippen LogP contribution in [0, 0.1) is 17.8 Å². The number of aromatic nitrogens is 1. The van der Waals surface area contributed by atoms with E-state index in [-0.39, 0.29) is 24.4 Å². The van der Waals surface area contributed by atoms with Gasteiger partial charge in [0.2, 0.25) is 0 Å². The molecule has 3 aliphatic rings. The highest BCUT2D eigenvalue weighted by Gasteiger charge is 2.42. The van der Waals surface area contributed by atoms with Crippen LogP contribution in [0.1, 0.15) is 55.3 Å². The Kier molecular flexibility index (Phi) is 6.87. The van der Waals surface area contributed by atoms with Crippen molar-refractivity contribution in [3.63, 3.8) is 0 Å². The van der Waals surface area contributed by atoms with Crippen LogP contribution in [0.2, 0.25) is 0 Å². The highest BCUT2D eigenvalue weighted by molar-refractivity contribution is 7.99. The van der Waals surface area contributed by atoms with Crippen LogP contribution in [-0.2, 0) is 0 Å². The van der Waals surface area contributed by atoms with Gasteiger partial charge in [0.05, 0.1) is 5.56 Å². The first kappa shape index (κ1) is 20.0. The average molecular weight is 396 g/mol. The summed E-state index contributed by atoms with van der Waals surface area (Å²) in [6.07, 6.45) is 10.9. The van der Waals surface area contributed by atoms with Crippen molar-refractivity contribution in [2.45, 2.75) is 56.0 Å². The maximum Gasteiger partial charge on any atom is 0.256 e. The van der Waals surface area contributed by atoms with Crippen molar-refractivity contribution in [1.29, 1.82) is 0 Å². The van der Waals surface area contributed by atoms with Gasteiger partial charge in [-0.05, 0) is 55.6 Å². The molecular weight excluding hydrogens is 366 g/mol. The van der Waals surface area contributed by atoms with Crippen LogP contribution < -0.4 is 5.73 Å². The van der Waals surface area contributed by atoms with E-state index in [2.05, 4.69) is 4.98 Å². The third kappa shape index (κ3) is 4.20. The van der Waals surface area contributed by atoms with Crippen LogP contribution in [0.5, 0.6) is 0 Å². The first-order chi connectivity index (χ1) is 12.2. The molecule has 2 heterocycles. The second-order valence-electron chi connectivity index (χ2n) is 8.05. The van der Waals surface area contributed by atoms with E-state index in [4.69, 9.17) is 5.73 Å². The van der Waals surface area contributed by atoms with E-state index >= 15 is 0 Å². The first-order valence-electron chi connectivity index (χ1n) is 9.85. The number of halogens is 1. The fraction of sp³-hybridized carbons (Fsp3) is 0.700. The van der Waals surface area contributed by atoms with Gasteiger partial charge in [-0.2, -0.15) is 0 Å². The lowest BCUT2D eigenvalue weighted by molar-refractivity contribution is 0.0775. The van der Waals surface area contributed by atoms with Crippen LogP contribution in [0.15, 0.2) is 23.4 Å². The van der Waals surface area contributed by atoms with E-state index in [0.717, 1.165) is 41.8 Å². The average Bonchev–Trinajstić information content (AvgIpc) is 3.23. The Hall–Kier alpha value is -0.780. The number of nitrogens with zero attached hydrogens (tertiary/aromatic N) is 2. The van der Waals surface area contributed by atoms with E-state index in [1.54, 1.807) is 11.8 Å². The Bertz CT molecular complexity index is 623. The summed E-state index contributed by atoms with van der Waals surface area (Å²) in [6.45, 7) is 1.70. The fourth-order valence-corrected chi connectivity index (χ4v) is 6.04. The van der Waals surface area contributed by atoms with Gasteiger partial charge in [0.15, 0.2) is 0 Å². The molecule has 4 nitrogen and oxygen atoms in total. The van der Waals surface area contributed by atoms with Gasteiger partial charge in [-0.1, -0.05) is 19.3 Å². The number of hydrogen-bond acceptors (Lipinski definition) is 4. The normalized spacial score (nSPS) is 28.7. The number of hydrogen-bond donors (Lipinski definition) is 1. The van der Waals surface area contributed by atoms with Gasteiger partial charge in [-0.15, -0.1) is 24.2 Å². The summed E-state index contributed by atoms with van der Waals surface area (Å²) in [5.74, 6) is 3.13. The number of fused-ring (bicyclic) bond motifs is 1. The van der Waals surface area contributed by atoms with E-state index in [1.807, 2.05) is 23.2 Å². The maximum atomic E-state index is 13.1. The van der Waals surface area contributed by atoms with Crippen LogP contribution in [-0.4, -0.2) is 40.7 Å². The molecule has 3 atom stereocenters. The highest BCUT2D eigenvalue weighted by Crippen LogP contribution is 2.38. The molecule has 1 aromatic heterocycles. The largest absolute Gasteiger partial charge is 0.338 e. The molecule has 6 heteroatoms. The Morgan fingerprint density at radius 3 is 2.77 bits per heavy atom. The van der Waals surface area contributed by atoms with Crippen LogP contribution in [0.4, 0.5) is 0 Å². The molecule has 144 valence electrons. The summed E-state index contributed by atoms with van der Waals surface area (Å²) in [5.41, 5.74) is 7.02. The third-order valence-corrected chi connectivity index (χ3v) is 7.62. The topological polar surface area (TPSA) is 59.2 Å². The standard InChI is InChI=1S/C20H29N3OS.ClH/c21-18-9-8-15-11-23(12-17(15)18)20(24)16-7-4-10-22-19(16)25-13-14-5-2-1-3-6-14;/h4,7,10,14-15,17-18H,1-3,5-6,8-9,11-13,21H2;1H. The fourth-order valence-electron chi connectivity index (χ4n) is 4.86. The van der Waals surface area contributed by atoms with Crippen molar-refractivity contribution >= 4 is 30.1 Å². The summed E-state index contributed by atoms with van der Waals surface area (Å²) in [6, 6.07) is 4.12. The number of carbonyl (C=O) groups excluding carboxylic acids is 1. The molecule has 2 aliphatic carbocycles. The molecule has 0 aromatic carbocycles. The smallest absolute Gasteiger partial charge is 0.256 e. The SMILES string of the molecule is Cl.NC1CCC2CN(C(=O)c3cccnc3SCC3CCCCC3)CC12. The first-order valence-corrected chi connectivity index (χ1v) is 10.8. The molecule has 0 radical (unpaired) electrons. The van der Waals surface area contributed by atoms with Crippen LogP contribution in [0.3, 0.4) is 0 Å². The second-order valence-corrected chi connectivity index (χ2v) is 9.06. The van der Waals surface area contributed by atoms with Crippen molar-refractivity contribution in [1.82, 2.24) is 9.88 Å². The molecule has 1 aliphatic heterocycles. The zero-order valence-electron chi connectivity index (χ0n) is 15.3. The van der Waals surface area contributed by atoms with Gasteiger partial charge >= 0.3 is 0 Å². The summed E-state index contributed by atoms with van der Waals surface area (Å²) < 4.78 is 0. The monoisotopic (exact) mass is 395 g/mol. The summed E-state index contributed by atoms with van der Waals surface area (Å²) in [4.78, 5) is 19.6. The lowest BCUT2D eigenvalue weighted by Gasteiger charge is -2.22. The van der Waals surface area contributed by atoms with Gasteiger partial charge < -0.3 is 10.6 Å². The number of pyridine rings is 1. The van der Waals surface area contributed by atoms with Gasteiger partial charge in [0.1, 0.15) is 5.03 Å². The molecule has 2 N–H and O–H groups in total. The predicted octanol–water partition coefficient (Wildman–Crippen LogP) is 3.99. The minimum Gasteiger partial charge on any atom is -0.338 e. The minimum atomic E-state index is 0. The van der Waals surface area contributed by atoms with Crippen molar-refractivity contribution in [2.24, 2.45) is 23.5 Å². The zero-order valence-corrected chi connectivity index (χ0v) is 16.9. The maximum absolute atomic E-state index is 13.1.